The highest BCUT2D eigenvalue weighted by Crippen LogP contribution is 2.28. The lowest BCUT2D eigenvalue weighted by atomic mass is 10.0. The van der Waals surface area contributed by atoms with Crippen LogP contribution in [0, 0.1) is 0 Å². The van der Waals surface area contributed by atoms with Crippen molar-refractivity contribution in [2.45, 2.75) is 52.0 Å². The van der Waals surface area contributed by atoms with Crippen LogP contribution < -0.4 is 10.6 Å². The fourth-order valence-corrected chi connectivity index (χ4v) is 2.97. The van der Waals surface area contributed by atoms with Crippen LogP contribution in [-0.2, 0) is 0 Å². The molecule has 1 aliphatic rings. The van der Waals surface area contributed by atoms with E-state index in [9.17, 15) is 4.79 Å². The van der Waals surface area contributed by atoms with E-state index in [1.165, 1.54) is 25.7 Å². The van der Waals surface area contributed by atoms with Gasteiger partial charge in [0.15, 0.2) is 5.78 Å². The number of ketones is 1. The molecule has 2 N–H and O–H groups in total. The number of nitrogens with two attached hydrogens (primary N) is 1. The van der Waals surface area contributed by atoms with Crippen LogP contribution in [0.15, 0.2) is 18.2 Å². The van der Waals surface area contributed by atoms with Crippen LogP contribution in [0.4, 0.5) is 11.4 Å². The van der Waals surface area contributed by atoms with Gasteiger partial charge < -0.3 is 10.6 Å². The number of carbonyl (C=O) groups is 1. The molecule has 2 rings (SSSR count). The van der Waals surface area contributed by atoms with Crippen LogP contribution in [0.5, 0.6) is 0 Å². The zero-order valence-electron chi connectivity index (χ0n) is 12.0. The van der Waals surface area contributed by atoms with Crippen LogP contribution in [0.3, 0.4) is 0 Å². The third kappa shape index (κ3) is 3.09. The van der Waals surface area contributed by atoms with Crippen molar-refractivity contribution in [1.29, 1.82) is 0 Å². The molecule has 19 heavy (non-hydrogen) atoms. The smallest absolute Gasteiger partial charge is 0.161 e. The number of anilines is 2. The summed E-state index contributed by atoms with van der Waals surface area (Å²) < 4.78 is 0. The van der Waals surface area contributed by atoms with Crippen molar-refractivity contribution < 1.29 is 4.79 Å². The minimum absolute atomic E-state index is 0.0437. The normalized spacial score (nSPS) is 20.1. The van der Waals surface area contributed by atoms with Crippen molar-refractivity contribution in [2.24, 2.45) is 0 Å². The summed E-state index contributed by atoms with van der Waals surface area (Å²) in [6.07, 6.45) is 6.25. The molecule has 1 aromatic carbocycles. The average Bonchev–Trinajstić information content (AvgIpc) is 2.64. The van der Waals surface area contributed by atoms with E-state index in [1.807, 2.05) is 12.1 Å². The van der Waals surface area contributed by atoms with E-state index in [1.54, 1.807) is 6.92 Å². The van der Waals surface area contributed by atoms with Gasteiger partial charge >= 0.3 is 0 Å². The highest BCUT2D eigenvalue weighted by atomic mass is 16.1. The molecule has 3 nitrogen and oxygen atoms in total. The van der Waals surface area contributed by atoms with Crippen LogP contribution in [0.25, 0.3) is 0 Å². The minimum Gasteiger partial charge on any atom is -0.398 e. The van der Waals surface area contributed by atoms with Gasteiger partial charge in [-0.1, -0.05) is 19.8 Å². The van der Waals surface area contributed by atoms with Gasteiger partial charge in [0.05, 0.1) is 0 Å². The summed E-state index contributed by atoms with van der Waals surface area (Å²) in [6.45, 7) is 4.90. The number of hydrogen-bond donors (Lipinski definition) is 1. The van der Waals surface area contributed by atoms with Gasteiger partial charge in [0.1, 0.15) is 0 Å². The van der Waals surface area contributed by atoms with E-state index in [2.05, 4.69) is 17.9 Å². The molecule has 1 fully saturated rings. The lowest BCUT2D eigenvalue weighted by molar-refractivity contribution is 0.101. The third-order valence-corrected chi connectivity index (χ3v) is 4.10. The van der Waals surface area contributed by atoms with E-state index >= 15 is 0 Å². The number of nitrogens with zero attached hydrogens (tertiary/aromatic N) is 1. The van der Waals surface area contributed by atoms with E-state index in [4.69, 9.17) is 5.73 Å². The van der Waals surface area contributed by atoms with Crippen molar-refractivity contribution >= 4 is 17.2 Å². The largest absolute Gasteiger partial charge is 0.398 e. The first-order valence-electron chi connectivity index (χ1n) is 7.30. The summed E-state index contributed by atoms with van der Waals surface area (Å²) in [7, 11) is 0. The molecule has 1 unspecified atom stereocenters. The lowest BCUT2D eigenvalue weighted by Crippen LogP contribution is -2.34. The monoisotopic (exact) mass is 260 g/mol. The summed E-state index contributed by atoms with van der Waals surface area (Å²) >= 11 is 0. The van der Waals surface area contributed by atoms with Crippen molar-refractivity contribution in [2.75, 3.05) is 17.2 Å². The van der Waals surface area contributed by atoms with Gasteiger partial charge in [-0.15, -0.1) is 0 Å². The third-order valence-electron chi connectivity index (χ3n) is 4.10. The Morgan fingerprint density at radius 2 is 2.16 bits per heavy atom. The van der Waals surface area contributed by atoms with Crippen LogP contribution >= 0.6 is 0 Å². The molecule has 104 valence electrons. The molecule has 0 aliphatic carbocycles. The predicted octanol–water partition coefficient (Wildman–Crippen LogP) is 3.63. The number of rotatable bonds is 3. The first-order chi connectivity index (χ1) is 9.13. The van der Waals surface area contributed by atoms with Gasteiger partial charge in [-0.25, -0.2) is 0 Å². The number of hydrogen-bond acceptors (Lipinski definition) is 3. The zero-order chi connectivity index (χ0) is 13.8. The Morgan fingerprint density at radius 3 is 2.84 bits per heavy atom. The molecule has 1 saturated heterocycles. The molecular weight excluding hydrogens is 236 g/mol. The lowest BCUT2D eigenvalue weighted by Gasteiger charge is -2.32. The maximum absolute atomic E-state index is 11.6. The number of nitrogen functional groups attached to an aromatic ring is 1. The fourth-order valence-electron chi connectivity index (χ4n) is 2.97. The second-order valence-electron chi connectivity index (χ2n) is 5.43. The van der Waals surface area contributed by atoms with Gasteiger partial charge in [-0.3, -0.25) is 4.79 Å². The molecule has 1 aliphatic heterocycles. The molecule has 1 heterocycles. The van der Waals surface area contributed by atoms with Crippen molar-refractivity contribution in [1.82, 2.24) is 0 Å². The van der Waals surface area contributed by atoms with Crippen LogP contribution in [0.1, 0.15) is 56.3 Å². The molecule has 1 aromatic rings. The van der Waals surface area contributed by atoms with Gasteiger partial charge in [0.2, 0.25) is 0 Å². The Labute approximate surface area is 115 Å². The molecule has 0 saturated carbocycles. The van der Waals surface area contributed by atoms with Gasteiger partial charge in [-0.05, 0) is 44.4 Å². The highest BCUT2D eigenvalue weighted by Gasteiger charge is 2.20. The summed E-state index contributed by atoms with van der Waals surface area (Å²) in [6, 6.07) is 6.47. The maximum atomic E-state index is 11.6. The predicted molar refractivity (Wildman–Crippen MR) is 80.8 cm³/mol. The van der Waals surface area contributed by atoms with Crippen molar-refractivity contribution in [3.8, 4) is 0 Å². The standard InChI is InChI=1S/C16H24N2O/c1-3-13-7-5-4-6-10-18(13)14-8-9-16(17)15(11-14)12(2)19/h8-9,11,13H,3-7,10,17H2,1-2H3. The van der Waals surface area contributed by atoms with E-state index in [0.717, 1.165) is 18.7 Å². The Bertz CT molecular complexity index is 456. The Hall–Kier alpha value is -1.51. The fraction of sp³-hybridized carbons (Fsp3) is 0.562. The molecule has 0 spiro atoms. The quantitative estimate of drug-likeness (QED) is 0.667. The summed E-state index contributed by atoms with van der Waals surface area (Å²) in [5.74, 6) is 0.0437. The van der Waals surface area contributed by atoms with Crippen LogP contribution in [0.2, 0.25) is 0 Å². The topological polar surface area (TPSA) is 46.3 Å². The molecule has 0 radical (unpaired) electrons. The molecule has 0 amide bonds. The first kappa shape index (κ1) is 13.9. The minimum atomic E-state index is 0.0437. The second-order valence-corrected chi connectivity index (χ2v) is 5.43. The van der Waals surface area contributed by atoms with Gasteiger partial charge in [0, 0.05) is 29.5 Å². The summed E-state index contributed by atoms with van der Waals surface area (Å²) in [4.78, 5) is 14.1. The Balaban J connectivity index is 2.33. The zero-order valence-corrected chi connectivity index (χ0v) is 12.0. The summed E-state index contributed by atoms with van der Waals surface area (Å²) in [5.41, 5.74) is 8.26. The SMILES string of the molecule is CCC1CCCCCN1c1ccc(N)c(C(C)=O)c1. The van der Waals surface area contributed by atoms with Gasteiger partial charge in [-0.2, -0.15) is 0 Å². The molecule has 3 heteroatoms. The molecular formula is C16H24N2O. The average molecular weight is 260 g/mol. The van der Waals surface area contributed by atoms with Crippen molar-refractivity contribution in [3.05, 3.63) is 23.8 Å². The highest BCUT2D eigenvalue weighted by molar-refractivity contribution is 6.00. The van der Waals surface area contributed by atoms with Gasteiger partial charge in [0.25, 0.3) is 0 Å². The number of benzene rings is 1. The van der Waals surface area contributed by atoms with Crippen LogP contribution in [-0.4, -0.2) is 18.4 Å². The van der Waals surface area contributed by atoms with Crippen molar-refractivity contribution in [3.63, 3.8) is 0 Å². The Kier molecular flexibility index (Phi) is 4.46. The maximum Gasteiger partial charge on any atom is 0.161 e. The number of Topliss-reactive ketones (excluding diaryl/α,β-unsaturated/α-hetero) is 1. The molecule has 0 bridgehead atoms. The van der Waals surface area contributed by atoms with E-state index in [0.29, 0.717) is 17.3 Å². The number of carbonyl (C=O) groups excluding carboxylic acids is 1. The molecule has 0 aromatic heterocycles. The summed E-state index contributed by atoms with van der Waals surface area (Å²) in [5, 5.41) is 0. The molecule has 1 atom stereocenters. The first-order valence-corrected chi connectivity index (χ1v) is 7.30. The van der Waals surface area contributed by atoms with E-state index in [-0.39, 0.29) is 5.78 Å². The van der Waals surface area contributed by atoms with E-state index < -0.39 is 0 Å². The second kappa shape index (κ2) is 6.09. The Morgan fingerprint density at radius 1 is 1.37 bits per heavy atom.